The molecule has 1 unspecified atom stereocenters. The molecule has 0 aromatic heterocycles. The van der Waals surface area contributed by atoms with Crippen molar-refractivity contribution in [2.24, 2.45) is 0 Å². The minimum absolute atomic E-state index is 0.187. The molecule has 0 saturated carbocycles. The van der Waals surface area contributed by atoms with Gasteiger partial charge in [0.15, 0.2) is 11.5 Å². The summed E-state index contributed by atoms with van der Waals surface area (Å²) in [5, 5.41) is 9.85. The van der Waals surface area contributed by atoms with E-state index in [1.165, 1.54) is 37.8 Å². The molecule has 1 saturated heterocycles. The van der Waals surface area contributed by atoms with Crippen molar-refractivity contribution in [3.63, 3.8) is 0 Å². The molecule has 0 spiro atoms. The van der Waals surface area contributed by atoms with Gasteiger partial charge in [-0.05, 0) is 53.7 Å². The minimum atomic E-state index is 0.187. The molecule has 0 bridgehead atoms. The molecule has 4 heteroatoms. The van der Waals surface area contributed by atoms with Crippen LogP contribution in [-0.2, 0) is 6.54 Å². The number of hydrogen-bond donors (Lipinski definition) is 2. The van der Waals surface area contributed by atoms with Gasteiger partial charge in [-0.25, -0.2) is 0 Å². The van der Waals surface area contributed by atoms with E-state index in [1.807, 2.05) is 12.1 Å². The number of phenolic OH excluding ortho intramolecular Hbond substituents is 1. The summed E-state index contributed by atoms with van der Waals surface area (Å²) < 4.78 is 5.93. The Morgan fingerprint density at radius 3 is 2.89 bits per heavy atom. The zero-order valence-corrected chi connectivity index (χ0v) is 13.3. The zero-order valence-electron chi connectivity index (χ0n) is 11.7. The number of hydrogen-bond acceptors (Lipinski definition) is 2. The molecule has 1 aliphatic rings. The number of ether oxygens (including phenoxy) is 1. The third kappa shape index (κ3) is 3.42. The maximum atomic E-state index is 9.85. The van der Waals surface area contributed by atoms with Gasteiger partial charge in [-0.1, -0.05) is 6.92 Å². The van der Waals surface area contributed by atoms with E-state index >= 15 is 0 Å². The Labute approximate surface area is 123 Å². The van der Waals surface area contributed by atoms with E-state index in [2.05, 4.69) is 22.9 Å². The Balaban J connectivity index is 2.16. The van der Waals surface area contributed by atoms with Crippen molar-refractivity contribution in [1.82, 2.24) is 0 Å². The van der Waals surface area contributed by atoms with E-state index in [0.717, 1.165) is 12.6 Å². The largest absolute Gasteiger partial charge is 0.503 e. The topological polar surface area (TPSA) is 33.9 Å². The third-order valence-electron chi connectivity index (χ3n) is 4.11. The highest BCUT2D eigenvalue weighted by Gasteiger charge is 2.25. The monoisotopic (exact) mass is 328 g/mol. The molecule has 19 heavy (non-hydrogen) atoms. The van der Waals surface area contributed by atoms with E-state index in [-0.39, 0.29) is 5.75 Å². The fourth-order valence-electron chi connectivity index (χ4n) is 3.02. The normalized spacial score (nSPS) is 23.3. The molecule has 1 aromatic rings. The molecule has 0 aliphatic carbocycles. The van der Waals surface area contributed by atoms with Crippen LogP contribution in [-0.4, -0.2) is 24.8 Å². The molecule has 0 radical (unpaired) electrons. The van der Waals surface area contributed by atoms with Crippen LogP contribution < -0.4 is 9.64 Å². The average Bonchev–Trinajstić information content (AvgIpc) is 2.43. The molecule has 1 fully saturated rings. The second-order valence-electron chi connectivity index (χ2n) is 5.31. The van der Waals surface area contributed by atoms with E-state index in [0.29, 0.717) is 10.2 Å². The molecule has 2 rings (SSSR count). The predicted octanol–water partition coefficient (Wildman–Crippen LogP) is 2.51. The average molecular weight is 329 g/mol. The summed E-state index contributed by atoms with van der Waals surface area (Å²) in [6.45, 7) is 4.54. The van der Waals surface area contributed by atoms with Gasteiger partial charge >= 0.3 is 0 Å². The van der Waals surface area contributed by atoms with Gasteiger partial charge in [0.05, 0.1) is 24.2 Å². The first-order valence-electron chi connectivity index (χ1n) is 7.05. The van der Waals surface area contributed by atoms with Gasteiger partial charge in [-0.2, -0.15) is 0 Å². The first-order valence-corrected chi connectivity index (χ1v) is 7.85. The highest BCUT2D eigenvalue weighted by molar-refractivity contribution is 9.10. The maximum absolute atomic E-state index is 9.85. The smallest absolute Gasteiger partial charge is 0.172 e. The summed E-state index contributed by atoms with van der Waals surface area (Å²) in [5.41, 5.74) is 1.22. The van der Waals surface area contributed by atoms with Crippen molar-refractivity contribution in [2.45, 2.75) is 45.2 Å². The molecule has 2 atom stereocenters. The number of aromatic hydroxyl groups is 1. The molecular weight excluding hydrogens is 306 g/mol. The minimum Gasteiger partial charge on any atom is -0.503 e. The second-order valence-corrected chi connectivity index (χ2v) is 6.17. The van der Waals surface area contributed by atoms with Crippen molar-refractivity contribution in [1.29, 1.82) is 0 Å². The maximum Gasteiger partial charge on any atom is 0.172 e. The van der Waals surface area contributed by atoms with Crippen molar-refractivity contribution in [2.75, 3.05) is 13.7 Å². The summed E-state index contributed by atoms with van der Waals surface area (Å²) in [6, 6.07) is 4.73. The lowest BCUT2D eigenvalue weighted by molar-refractivity contribution is -0.944. The first kappa shape index (κ1) is 14.7. The molecule has 1 aliphatic heterocycles. The number of nitrogens with one attached hydrogen (secondary N) is 1. The van der Waals surface area contributed by atoms with Gasteiger partial charge in [0.25, 0.3) is 0 Å². The van der Waals surface area contributed by atoms with Gasteiger partial charge < -0.3 is 14.7 Å². The van der Waals surface area contributed by atoms with Gasteiger partial charge in [0, 0.05) is 5.56 Å². The summed E-state index contributed by atoms with van der Waals surface area (Å²) in [7, 11) is 1.59. The molecule has 1 heterocycles. The van der Waals surface area contributed by atoms with E-state index in [9.17, 15) is 5.11 Å². The van der Waals surface area contributed by atoms with E-state index < -0.39 is 0 Å². The lowest BCUT2D eigenvalue weighted by atomic mass is 9.99. The number of quaternary nitrogens is 1. The van der Waals surface area contributed by atoms with Gasteiger partial charge in [0.2, 0.25) is 0 Å². The predicted molar refractivity (Wildman–Crippen MR) is 79.8 cm³/mol. The van der Waals surface area contributed by atoms with Crippen LogP contribution in [0.1, 0.15) is 38.2 Å². The highest BCUT2D eigenvalue weighted by Crippen LogP contribution is 2.35. The molecule has 1 aromatic carbocycles. The Hall–Kier alpha value is -0.740. The number of phenols is 1. The standard InChI is InChI=1S/C15H22BrNO2/c1-3-12-6-4-5-7-17(12)10-11-8-13(16)15(18)14(9-11)19-2/h8-9,12,18H,3-7,10H2,1-2H3/p+1/t12-/m0/s1. The molecular formula is C15H23BrNO2+. The Bertz CT molecular complexity index is 436. The van der Waals surface area contributed by atoms with E-state index in [4.69, 9.17) is 4.74 Å². The lowest BCUT2D eigenvalue weighted by Crippen LogP contribution is -3.15. The van der Waals surface area contributed by atoms with Crippen LogP contribution in [0.3, 0.4) is 0 Å². The van der Waals surface area contributed by atoms with Crippen molar-refractivity contribution in [3.8, 4) is 11.5 Å². The quantitative estimate of drug-likeness (QED) is 0.890. The van der Waals surface area contributed by atoms with Crippen molar-refractivity contribution < 1.29 is 14.7 Å². The molecule has 2 N–H and O–H groups in total. The zero-order chi connectivity index (χ0) is 13.8. The number of benzene rings is 1. The Morgan fingerprint density at radius 2 is 2.21 bits per heavy atom. The first-order chi connectivity index (χ1) is 9.15. The van der Waals surface area contributed by atoms with Crippen molar-refractivity contribution >= 4 is 15.9 Å². The summed E-state index contributed by atoms with van der Waals surface area (Å²) in [4.78, 5) is 1.66. The van der Waals surface area contributed by atoms with E-state index in [1.54, 1.807) is 12.0 Å². The SMILES string of the molecule is CC[C@H]1CCCC[NH+]1Cc1cc(Br)c(O)c(OC)c1. The second kappa shape index (κ2) is 6.62. The fourth-order valence-corrected chi connectivity index (χ4v) is 3.51. The molecule has 0 amide bonds. The summed E-state index contributed by atoms with van der Waals surface area (Å²) >= 11 is 3.40. The van der Waals surface area contributed by atoms with Crippen LogP contribution in [0.5, 0.6) is 11.5 Å². The van der Waals surface area contributed by atoms with Gasteiger partial charge in [-0.15, -0.1) is 0 Å². The number of methoxy groups -OCH3 is 1. The van der Waals surface area contributed by atoms with Crippen LogP contribution in [0.25, 0.3) is 0 Å². The van der Waals surface area contributed by atoms with Crippen LogP contribution in [0, 0.1) is 0 Å². The number of rotatable bonds is 4. The summed E-state index contributed by atoms with van der Waals surface area (Å²) in [5.74, 6) is 0.737. The Kier molecular flexibility index (Phi) is 5.11. The van der Waals surface area contributed by atoms with Crippen LogP contribution in [0.15, 0.2) is 16.6 Å². The summed E-state index contributed by atoms with van der Waals surface area (Å²) in [6.07, 6.45) is 5.26. The highest BCUT2D eigenvalue weighted by atomic mass is 79.9. The van der Waals surface area contributed by atoms with Gasteiger partial charge in [0.1, 0.15) is 6.54 Å². The molecule has 3 nitrogen and oxygen atoms in total. The molecule has 106 valence electrons. The number of halogens is 1. The third-order valence-corrected chi connectivity index (χ3v) is 4.71. The van der Waals surface area contributed by atoms with Crippen LogP contribution in [0.4, 0.5) is 0 Å². The van der Waals surface area contributed by atoms with Gasteiger partial charge in [-0.3, -0.25) is 0 Å². The Morgan fingerprint density at radius 1 is 1.42 bits per heavy atom. The van der Waals surface area contributed by atoms with Crippen LogP contribution >= 0.6 is 15.9 Å². The van der Waals surface area contributed by atoms with Crippen molar-refractivity contribution in [3.05, 3.63) is 22.2 Å². The van der Waals surface area contributed by atoms with Crippen LogP contribution in [0.2, 0.25) is 0 Å². The fraction of sp³-hybridized carbons (Fsp3) is 0.600. The number of piperidine rings is 1. The number of likely N-dealkylation sites (tertiary alicyclic amines) is 1. The lowest BCUT2D eigenvalue weighted by Gasteiger charge is -2.32.